The summed E-state index contributed by atoms with van der Waals surface area (Å²) >= 11 is 0. The van der Waals surface area contributed by atoms with Gasteiger partial charge >= 0.3 is 0 Å². The molecule has 0 radical (unpaired) electrons. The summed E-state index contributed by atoms with van der Waals surface area (Å²) in [6.45, 7) is 6.64. The number of carbonyl (C=O) groups excluding carboxylic acids is 2. The second-order valence-electron chi connectivity index (χ2n) is 10.2. The molecule has 184 valence electrons. The van der Waals surface area contributed by atoms with Crippen LogP contribution in [0.2, 0.25) is 0 Å². The average molecular weight is 482 g/mol. The van der Waals surface area contributed by atoms with Gasteiger partial charge < -0.3 is 9.47 Å². The lowest BCUT2D eigenvalue weighted by molar-refractivity contribution is -0.121. The summed E-state index contributed by atoms with van der Waals surface area (Å²) in [7, 11) is 0. The van der Waals surface area contributed by atoms with Crippen LogP contribution in [-0.2, 0) is 9.59 Å². The van der Waals surface area contributed by atoms with Gasteiger partial charge in [-0.15, -0.1) is 0 Å². The number of nitrogens with zero attached hydrogens (tertiary/aromatic N) is 1. The number of allylic oxidation sites excluding steroid dienone is 2. The maximum Gasteiger partial charge on any atom is 0.232 e. The third kappa shape index (κ3) is 4.66. The average Bonchev–Trinajstić information content (AvgIpc) is 2.85. The molecule has 0 saturated carbocycles. The van der Waals surface area contributed by atoms with Crippen LogP contribution in [0.25, 0.3) is 0 Å². The monoisotopic (exact) mass is 481 g/mol. The van der Waals surface area contributed by atoms with Gasteiger partial charge in [0.15, 0.2) is 5.78 Å². The van der Waals surface area contributed by atoms with Crippen LogP contribution in [0.5, 0.6) is 17.2 Å². The Morgan fingerprint density at radius 2 is 1.53 bits per heavy atom. The van der Waals surface area contributed by atoms with Gasteiger partial charge in [0.2, 0.25) is 5.91 Å². The minimum atomic E-state index is -0.309. The van der Waals surface area contributed by atoms with Crippen molar-refractivity contribution in [1.29, 1.82) is 0 Å². The first-order chi connectivity index (χ1) is 17.4. The molecule has 0 fully saturated rings. The molecule has 2 aliphatic rings. The van der Waals surface area contributed by atoms with E-state index < -0.39 is 0 Å². The first kappa shape index (κ1) is 23.9. The zero-order valence-electron chi connectivity index (χ0n) is 21.0. The highest BCUT2D eigenvalue weighted by molar-refractivity contribution is 6.08. The lowest BCUT2D eigenvalue weighted by Gasteiger charge is -2.43. The van der Waals surface area contributed by atoms with Gasteiger partial charge in [0.05, 0.1) is 6.61 Å². The van der Waals surface area contributed by atoms with Gasteiger partial charge in [-0.25, -0.2) is 0 Å². The molecule has 0 N–H and O–H groups in total. The van der Waals surface area contributed by atoms with Crippen molar-refractivity contribution in [3.8, 4) is 17.2 Å². The van der Waals surface area contributed by atoms with E-state index in [9.17, 15) is 9.59 Å². The number of rotatable bonds is 6. The summed E-state index contributed by atoms with van der Waals surface area (Å²) in [5.74, 6) is 1.95. The summed E-state index contributed by atoms with van der Waals surface area (Å²) in [5.41, 5.74) is 2.97. The lowest BCUT2D eigenvalue weighted by atomic mass is 9.69. The smallest absolute Gasteiger partial charge is 0.232 e. The van der Waals surface area contributed by atoms with E-state index in [2.05, 4.69) is 13.8 Å². The Labute approximate surface area is 212 Å². The molecular weight excluding hydrogens is 450 g/mol. The predicted molar refractivity (Wildman–Crippen MR) is 140 cm³/mol. The van der Waals surface area contributed by atoms with Crippen LogP contribution in [0.4, 0.5) is 5.69 Å². The van der Waals surface area contributed by atoms with Crippen molar-refractivity contribution in [2.45, 2.75) is 46.0 Å². The van der Waals surface area contributed by atoms with E-state index in [4.69, 9.17) is 9.47 Å². The number of ketones is 1. The molecule has 36 heavy (non-hydrogen) atoms. The molecule has 1 amide bonds. The van der Waals surface area contributed by atoms with E-state index >= 15 is 0 Å². The molecule has 5 rings (SSSR count). The number of carbonyl (C=O) groups is 2. The largest absolute Gasteiger partial charge is 0.494 e. The first-order valence-electron chi connectivity index (χ1n) is 12.5. The minimum absolute atomic E-state index is 0.0210. The molecule has 1 unspecified atom stereocenters. The number of amides is 1. The maximum absolute atomic E-state index is 13.7. The second-order valence-corrected chi connectivity index (χ2v) is 10.2. The first-order valence-corrected chi connectivity index (χ1v) is 12.5. The highest BCUT2D eigenvalue weighted by Gasteiger charge is 2.45. The van der Waals surface area contributed by atoms with Crippen LogP contribution >= 0.6 is 0 Å². The van der Waals surface area contributed by atoms with Crippen molar-refractivity contribution in [2.24, 2.45) is 5.41 Å². The lowest BCUT2D eigenvalue weighted by Crippen LogP contribution is -2.43. The molecule has 5 nitrogen and oxygen atoms in total. The van der Waals surface area contributed by atoms with E-state index in [0.717, 1.165) is 34.0 Å². The van der Waals surface area contributed by atoms with Gasteiger partial charge in [-0.05, 0) is 61.2 Å². The highest BCUT2D eigenvalue weighted by atomic mass is 16.5. The van der Waals surface area contributed by atoms with Gasteiger partial charge in [0, 0.05) is 41.3 Å². The maximum atomic E-state index is 13.7. The van der Waals surface area contributed by atoms with E-state index in [1.54, 1.807) is 4.90 Å². The van der Waals surface area contributed by atoms with Crippen molar-refractivity contribution >= 4 is 17.4 Å². The van der Waals surface area contributed by atoms with Crippen molar-refractivity contribution in [3.63, 3.8) is 0 Å². The number of anilines is 1. The van der Waals surface area contributed by atoms with E-state index in [1.165, 1.54) is 0 Å². The van der Waals surface area contributed by atoms with E-state index in [0.29, 0.717) is 25.2 Å². The van der Waals surface area contributed by atoms with Gasteiger partial charge in [0.25, 0.3) is 0 Å². The number of Topliss-reactive ketones (excluding diaryl/α,β-unsaturated/α-hetero) is 1. The second kappa shape index (κ2) is 9.65. The molecule has 0 bridgehead atoms. The van der Waals surface area contributed by atoms with Crippen molar-refractivity contribution in [1.82, 2.24) is 0 Å². The Kier molecular flexibility index (Phi) is 6.40. The van der Waals surface area contributed by atoms with E-state index in [1.807, 2.05) is 85.8 Å². The predicted octanol–water partition coefficient (Wildman–Crippen LogP) is 7.04. The Balaban J connectivity index is 1.55. The molecule has 0 spiro atoms. The minimum Gasteiger partial charge on any atom is -0.494 e. The van der Waals surface area contributed by atoms with Crippen molar-refractivity contribution in [2.75, 3.05) is 11.5 Å². The summed E-state index contributed by atoms with van der Waals surface area (Å²) in [5, 5.41) is 0. The van der Waals surface area contributed by atoms with Crippen LogP contribution < -0.4 is 14.4 Å². The van der Waals surface area contributed by atoms with Gasteiger partial charge in [-0.3, -0.25) is 14.5 Å². The van der Waals surface area contributed by atoms with Crippen molar-refractivity contribution < 1.29 is 19.1 Å². The summed E-state index contributed by atoms with van der Waals surface area (Å²) in [6.07, 6.45) is 1.33. The van der Waals surface area contributed by atoms with Crippen LogP contribution in [0.1, 0.15) is 51.5 Å². The molecule has 3 aromatic rings. The quantitative estimate of drug-likeness (QED) is 0.379. The summed E-state index contributed by atoms with van der Waals surface area (Å²) in [6, 6.07) is 24.8. The molecule has 0 aromatic heterocycles. The normalized spacial score (nSPS) is 19.2. The summed E-state index contributed by atoms with van der Waals surface area (Å²) < 4.78 is 11.8. The number of benzene rings is 3. The fraction of sp³-hybridized carbons (Fsp3) is 0.290. The van der Waals surface area contributed by atoms with Crippen LogP contribution in [0, 0.1) is 5.41 Å². The molecule has 1 aliphatic heterocycles. The van der Waals surface area contributed by atoms with E-state index in [-0.39, 0.29) is 29.4 Å². The Hall–Kier alpha value is -3.86. The molecule has 1 atom stereocenters. The SMILES string of the molecule is CCOc1ccccc1C1CC(=O)N(c2ccc(Oc3ccccc3)cc2)C2=C1C(=O)CC(C)(C)C2. The number of hydrogen-bond acceptors (Lipinski definition) is 4. The standard InChI is InChI=1S/C31H31NO4/c1-4-35-28-13-9-8-12-24(28)25-18-29(34)32(26-19-31(2,3)20-27(33)30(25)26)21-14-16-23(17-15-21)36-22-10-6-5-7-11-22/h5-17,25H,4,18-20H2,1-3H3. The third-order valence-corrected chi connectivity index (χ3v) is 6.81. The number of ether oxygens (including phenoxy) is 2. The molecule has 3 aromatic carbocycles. The van der Waals surface area contributed by atoms with Gasteiger partial charge in [0.1, 0.15) is 17.2 Å². The number of para-hydroxylation sites is 2. The number of hydrogen-bond donors (Lipinski definition) is 0. The molecular formula is C31H31NO4. The Bertz CT molecular complexity index is 1310. The zero-order chi connectivity index (χ0) is 25.3. The molecule has 5 heteroatoms. The molecule has 0 saturated heterocycles. The fourth-order valence-electron chi connectivity index (χ4n) is 5.32. The zero-order valence-corrected chi connectivity index (χ0v) is 21.0. The van der Waals surface area contributed by atoms with Gasteiger partial charge in [-0.1, -0.05) is 50.2 Å². The third-order valence-electron chi connectivity index (χ3n) is 6.81. The van der Waals surface area contributed by atoms with Crippen LogP contribution in [0.3, 0.4) is 0 Å². The fourth-order valence-corrected chi connectivity index (χ4v) is 5.32. The summed E-state index contributed by atoms with van der Waals surface area (Å²) in [4.78, 5) is 29.0. The highest BCUT2D eigenvalue weighted by Crippen LogP contribution is 2.49. The topological polar surface area (TPSA) is 55.8 Å². The van der Waals surface area contributed by atoms with Crippen molar-refractivity contribution in [3.05, 3.63) is 95.7 Å². The van der Waals surface area contributed by atoms with Crippen LogP contribution in [0.15, 0.2) is 90.1 Å². The Morgan fingerprint density at radius 3 is 2.25 bits per heavy atom. The molecule has 1 heterocycles. The molecule has 1 aliphatic carbocycles. The Morgan fingerprint density at radius 1 is 0.861 bits per heavy atom. The van der Waals surface area contributed by atoms with Gasteiger partial charge in [-0.2, -0.15) is 0 Å². The van der Waals surface area contributed by atoms with Crippen LogP contribution in [-0.4, -0.2) is 18.3 Å².